The molecule has 1 aliphatic rings. The summed E-state index contributed by atoms with van der Waals surface area (Å²) in [5.74, 6) is 2.40. The molecule has 2 heteroatoms. The molecule has 1 saturated carbocycles. The van der Waals surface area contributed by atoms with Crippen molar-refractivity contribution < 1.29 is 4.74 Å². The van der Waals surface area contributed by atoms with E-state index in [1.165, 1.54) is 32.2 Å². The normalized spacial score (nSPS) is 27.2. The molecule has 15 heavy (non-hydrogen) atoms. The molecule has 0 amide bonds. The summed E-state index contributed by atoms with van der Waals surface area (Å²) in [6.07, 6.45) is 5.56. The highest BCUT2D eigenvalue weighted by molar-refractivity contribution is 4.77. The van der Waals surface area contributed by atoms with Crippen LogP contribution < -0.4 is 5.32 Å². The van der Waals surface area contributed by atoms with Crippen molar-refractivity contribution in [2.24, 2.45) is 17.8 Å². The second-order valence-corrected chi connectivity index (χ2v) is 5.31. The molecule has 2 unspecified atom stereocenters. The molecule has 1 aliphatic carbocycles. The highest BCUT2D eigenvalue weighted by Crippen LogP contribution is 2.29. The molecule has 2 nitrogen and oxygen atoms in total. The van der Waals surface area contributed by atoms with Crippen LogP contribution in [0.15, 0.2) is 0 Å². The minimum absolute atomic E-state index is 0.759. The quantitative estimate of drug-likeness (QED) is 0.732. The topological polar surface area (TPSA) is 21.3 Å². The van der Waals surface area contributed by atoms with Gasteiger partial charge in [-0.05, 0) is 43.7 Å². The van der Waals surface area contributed by atoms with Gasteiger partial charge in [-0.3, -0.25) is 0 Å². The lowest BCUT2D eigenvalue weighted by Gasteiger charge is -2.31. The first kappa shape index (κ1) is 13.0. The zero-order chi connectivity index (χ0) is 11.1. The van der Waals surface area contributed by atoms with Crippen LogP contribution in [0.2, 0.25) is 0 Å². The van der Waals surface area contributed by atoms with Gasteiger partial charge in [0.15, 0.2) is 0 Å². The number of ether oxygens (including phenoxy) is 1. The van der Waals surface area contributed by atoms with Crippen LogP contribution in [-0.4, -0.2) is 26.8 Å². The Morgan fingerprint density at radius 2 is 1.87 bits per heavy atom. The summed E-state index contributed by atoms with van der Waals surface area (Å²) in [6, 6.07) is 0. The molecule has 90 valence electrons. The largest absolute Gasteiger partial charge is 0.384 e. The van der Waals surface area contributed by atoms with Crippen molar-refractivity contribution in [3.63, 3.8) is 0 Å². The van der Waals surface area contributed by atoms with Crippen molar-refractivity contribution in [1.29, 1.82) is 0 Å². The van der Waals surface area contributed by atoms with E-state index in [-0.39, 0.29) is 0 Å². The number of nitrogens with one attached hydrogen (secondary N) is 1. The van der Waals surface area contributed by atoms with Crippen LogP contribution in [0.1, 0.15) is 39.5 Å². The van der Waals surface area contributed by atoms with Gasteiger partial charge in [0.1, 0.15) is 0 Å². The zero-order valence-corrected chi connectivity index (χ0v) is 10.6. The van der Waals surface area contributed by atoms with Crippen molar-refractivity contribution in [3.8, 4) is 0 Å². The van der Waals surface area contributed by atoms with E-state index < -0.39 is 0 Å². The van der Waals surface area contributed by atoms with E-state index in [2.05, 4.69) is 19.2 Å². The number of hydrogen-bond donors (Lipinski definition) is 1. The van der Waals surface area contributed by atoms with Gasteiger partial charge < -0.3 is 10.1 Å². The molecule has 0 heterocycles. The fraction of sp³-hybridized carbons (Fsp3) is 1.00. The van der Waals surface area contributed by atoms with Gasteiger partial charge in [-0.15, -0.1) is 0 Å². The van der Waals surface area contributed by atoms with Gasteiger partial charge in [-0.25, -0.2) is 0 Å². The van der Waals surface area contributed by atoms with Crippen molar-refractivity contribution in [2.45, 2.75) is 39.5 Å². The highest BCUT2D eigenvalue weighted by atomic mass is 16.5. The minimum Gasteiger partial charge on any atom is -0.384 e. The van der Waals surface area contributed by atoms with Gasteiger partial charge >= 0.3 is 0 Å². The van der Waals surface area contributed by atoms with E-state index in [9.17, 15) is 0 Å². The first-order chi connectivity index (χ1) is 7.24. The third-order valence-corrected chi connectivity index (χ3v) is 3.41. The molecular weight excluding hydrogens is 186 g/mol. The van der Waals surface area contributed by atoms with Gasteiger partial charge in [0.25, 0.3) is 0 Å². The van der Waals surface area contributed by atoms with E-state index >= 15 is 0 Å². The highest BCUT2D eigenvalue weighted by Gasteiger charge is 2.24. The summed E-state index contributed by atoms with van der Waals surface area (Å²) in [5.41, 5.74) is 0. The summed E-state index contributed by atoms with van der Waals surface area (Å²) >= 11 is 0. The smallest absolute Gasteiger partial charge is 0.0493 e. The van der Waals surface area contributed by atoms with Crippen molar-refractivity contribution in [1.82, 2.24) is 5.32 Å². The maximum atomic E-state index is 5.31. The fourth-order valence-corrected chi connectivity index (χ4v) is 2.54. The van der Waals surface area contributed by atoms with Gasteiger partial charge in [-0.1, -0.05) is 26.7 Å². The molecule has 0 aliphatic heterocycles. The van der Waals surface area contributed by atoms with E-state index in [1.807, 2.05) is 7.11 Å². The van der Waals surface area contributed by atoms with Crippen LogP contribution in [0.4, 0.5) is 0 Å². The Bertz CT molecular complexity index is 157. The Hall–Kier alpha value is -0.0800. The number of rotatable bonds is 6. The molecule has 1 N–H and O–H groups in total. The SMILES string of the molecule is COCC1CCCCC1CNCC(C)C. The molecule has 0 spiro atoms. The van der Waals surface area contributed by atoms with Crippen molar-refractivity contribution in [3.05, 3.63) is 0 Å². The monoisotopic (exact) mass is 213 g/mol. The lowest BCUT2D eigenvalue weighted by Crippen LogP contribution is -2.34. The summed E-state index contributed by atoms with van der Waals surface area (Å²) < 4.78 is 5.31. The predicted octanol–water partition coefficient (Wildman–Crippen LogP) is 2.68. The Labute approximate surface area is 94.8 Å². The zero-order valence-electron chi connectivity index (χ0n) is 10.6. The number of methoxy groups -OCH3 is 1. The summed E-state index contributed by atoms with van der Waals surface area (Å²) in [5, 5.41) is 3.59. The van der Waals surface area contributed by atoms with Crippen LogP contribution in [-0.2, 0) is 4.74 Å². The molecule has 2 atom stereocenters. The van der Waals surface area contributed by atoms with Crippen LogP contribution >= 0.6 is 0 Å². The molecule has 0 bridgehead atoms. The van der Waals surface area contributed by atoms with Gasteiger partial charge in [0, 0.05) is 13.7 Å². The van der Waals surface area contributed by atoms with Crippen LogP contribution in [0, 0.1) is 17.8 Å². The van der Waals surface area contributed by atoms with Crippen LogP contribution in [0.5, 0.6) is 0 Å². The fourth-order valence-electron chi connectivity index (χ4n) is 2.54. The Morgan fingerprint density at radius 3 is 2.47 bits per heavy atom. The Kier molecular flexibility index (Phi) is 6.26. The predicted molar refractivity (Wildman–Crippen MR) is 65.0 cm³/mol. The Balaban J connectivity index is 2.23. The molecule has 1 rings (SSSR count). The summed E-state index contributed by atoms with van der Waals surface area (Å²) in [4.78, 5) is 0. The maximum Gasteiger partial charge on any atom is 0.0493 e. The van der Waals surface area contributed by atoms with E-state index in [0.717, 1.165) is 30.9 Å². The third-order valence-electron chi connectivity index (χ3n) is 3.41. The van der Waals surface area contributed by atoms with E-state index in [0.29, 0.717) is 0 Å². The number of hydrogen-bond acceptors (Lipinski definition) is 2. The van der Waals surface area contributed by atoms with Crippen LogP contribution in [0.25, 0.3) is 0 Å². The van der Waals surface area contributed by atoms with Gasteiger partial charge in [-0.2, -0.15) is 0 Å². The standard InChI is InChI=1S/C13H27NO/c1-11(2)8-14-9-12-6-4-5-7-13(12)10-15-3/h11-14H,4-10H2,1-3H3. The van der Waals surface area contributed by atoms with Gasteiger partial charge in [0.05, 0.1) is 0 Å². The molecule has 1 fully saturated rings. The average molecular weight is 213 g/mol. The van der Waals surface area contributed by atoms with E-state index in [4.69, 9.17) is 4.74 Å². The third kappa shape index (κ3) is 4.98. The lowest BCUT2D eigenvalue weighted by molar-refractivity contribution is 0.0932. The summed E-state index contributed by atoms with van der Waals surface area (Å²) in [6.45, 7) is 7.82. The molecule has 0 aromatic rings. The van der Waals surface area contributed by atoms with E-state index in [1.54, 1.807) is 0 Å². The van der Waals surface area contributed by atoms with Gasteiger partial charge in [0.2, 0.25) is 0 Å². The molecular formula is C13H27NO. The average Bonchev–Trinajstić information content (AvgIpc) is 2.20. The second-order valence-electron chi connectivity index (χ2n) is 5.31. The minimum atomic E-state index is 0.759. The molecule has 0 radical (unpaired) electrons. The molecule has 0 aromatic carbocycles. The maximum absolute atomic E-state index is 5.31. The van der Waals surface area contributed by atoms with Crippen molar-refractivity contribution in [2.75, 3.05) is 26.8 Å². The first-order valence-corrected chi connectivity index (χ1v) is 6.43. The summed E-state index contributed by atoms with van der Waals surface area (Å²) in [7, 11) is 1.83. The first-order valence-electron chi connectivity index (χ1n) is 6.43. The lowest BCUT2D eigenvalue weighted by atomic mass is 9.79. The van der Waals surface area contributed by atoms with Crippen molar-refractivity contribution >= 4 is 0 Å². The molecule has 0 saturated heterocycles. The Morgan fingerprint density at radius 1 is 1.20 bits per heavy atom. The molecule has 0 aromatic heterocycles. The second kappa shape index (κ2) is 7.24. The van der Waals surface area contributed by atoms with Crippen LogP contribution in [0.3, 0.4) is 0 Å².